The Morgan fingerprint density at radius 1 is 1.12 bits per heavy atom. The second-order valence-electron chi connectivity index (χ2n) is 7.66. The van der Waals surface area contributed by atoms with Crippen LogP contribution in [0.5, 0.6) is 0 Å². The molecule has 0 radical (unpaired) electrons. The predicted octanol–water partition coefficient (Wildman–Crippen LogP) is 5.55. The molecule has 0 spiro atoms. The van der Waals surface area contributed by atoms with Gasteiger partial charge in [0.1, 0.15) is 11.6 Å². The van der Waals surface area contributed by atoms with Gasteiger partial charge in [-0.15, -0.1) is 0 Å². The normalized spacial score (nSPS) is 12.3. The fourth-order valence-electron chi connectivity index (χ4n) is 3.68. The van der Waals surface area contributed by atoms with Gasteiger partial charge in [0.2, 0.25) is 0 Å². The Morgan fingerprint density at radius 2 is 1.88 bits per heavy atom. The van der Waals surface area contributed by atoms with Crippen LogP contribution in [-0.2, 0) is 20.0 Å². The lowest BCUT2D eigenvalue weighted by Crippen LogP contribution is -2.05. The van der Waals surface area contributed by atoms with Crippen molar-refractivity contribution in [2.45, 2.75) is 39.3 Å². The molecule has 0 fully saturated rings. The third-order valence-corrected chi connectivity index (χ3v) is 6.19. The maximum atomic E-state index is 13.3. The summed E-state index contributed by atoms with van der Waals surface area (Å²) in [6.07, 6.45) is 0.775. The molecule has 2 aromatic heterocycles. The van der Waals surface area contributed by atoms with Gasteiger partial charge in [0, 0.05) is 23.6 Å². The number of rotatable bonds is 7. The van der Waals surface area contributed by atoms with E-state index in [1.54, 1.807) is 16.8 Å². The monoisotopic (exact) mass is 497 g/mol. The van der Waals surface area contributed by atoms with Crippen molar-refractivity contribution >= 4 is 32.8 Å². The first-order valence-electron chi connectivity index (χ1n) is 10.6. The van der Waals surface area contributed by atoms with Crippen molar-refractivity contribution in [2.75, 3.05) is 5.32 Å². The van der Waals surface area contributed by atoms with E-state index in [1.165, 1.54) is 12.1 Å². The van der Waals surface area contributed by atoms with Crippen LogP contribution in [0.3, 0.4) is 0 Å². The molecular formula is C24H25BrFN5O. The number of anilines is 1. The summed E-state index contributed by atoms with van der Waals surface area (Å²) in [4.78, 5) is 9.63. The molecule has 32 heavy (non-hydrogen) atoms. The quantitative estimate of drug-likeness (QED) is 0.350. The van der Waals surface area contributed by atoms with Crippen molar-refractivity contribution in [3.05, 3.63) is 69.6 Å². The van der Waals surface area contributed by atoms with E-state index < -0.39 is 6.10 Å². The number of halogens is 2. The Labute approximate surface area is 194 Å². The molecule has 0 bridgehead atoms. The maximum Gasteiger partial charge on any atom is 0.164 e. The molecule has 1 unspecified atom stereocenters. The fourth-order valence-corrected chi connectivity index (χ4v) is 4.19. The molecule has 2 aromatic carbocycles. The van der Waals surface area contributed by atoms with Gasteiger partial charge in [-0.05, 0) is 48.2 Å². The molecule has 0 saturated carbocycles. The lowest BCUT2D eigenvalue weighted by Gasteiger charge is -2.14. The number of hydrogen-bond acceptors (Lipinski definition) is 5. The number of aliphatic hydroxyl groups is 1. The van der Waals surface area contributed by atoms with E-state index in [2.05, 4.69) is 26.3 Å². The molecule has 0 aliphatic rings. The topological polar surface area (TPSA) is 75.9 Å². The Morgan fingerprint density at radius 3 is 2.56 bits per heavy atom. The summed E-state index contributed by atoms with van der Waals surface area (Å²) in [5, 5.41) is 19.3. The largest absolute Gasteiger partial charge is 0.388 e. The molecule has 1 atom stereocenters. The number of aliphatic hydroxyl groups excluding tert-OH is 1. The van der Waals surface area contributed by atoms with Crippen LogP contribution >= 0.6 is 15.9 Å². The molecule has 0 amide bonds. The molecule has 0 aliphatic carbocycles. The van der Waals surface area contributed by atoms with E-state index in [-0.39, 0.29) is 5.82 Å². The zero-order valence-corrected chi connectivity index (χ0v) is 19.8. The second-order valence-corrected chi connectivity index (χ2v) is 8.51. The van der Waals surface area contributed by atoms with E-state index in [0.29, 0.717) is 24.6 Å². The van der Waals surface area contributed by atoms with Crippen molar-refractivity contribution in [2.24, 2.45) is 7.05 Å². The van der Waals surface area contributed by atoms with Crippen molar-refractivity contribution < 1.29 is 9.50 Å². The van der Waals surface area contributed by atoms with Crippen LogP contribution in [-0.4, -0.2) is 24.9 Å². The van der Waals surface area contributed by atoms with Crippen LogP contribution in [0, 0.1) is 5.82 Å². The summed E-state index contributed by atoms with van der Waals surface area (Å²) in [7, 11) is 1.87. The molecule has 2 heterocycles. The summed E-state index contributed by atoms with van der Waals surface area (Å²) in [5.74, 6) is 0.961. The van der Waals surface area contributed by atoms with Crippen LogP contribution in [0.15, 0.2) is 46.9 Å². The Balaban J connectivity index is 1.81. The van der Waals surface area contributed by atoms with Gasteiger partial charge in [0.25, 0.3) is 0 Å². The van der Waals surface area contributed by atoms with Crippen LogP contribution in [0.25, 0.3) is 22.4 Å². The van der Waals surface area contributed by atoms with Gasteiger partial charge in [-0.2, -0.15) is 5.10 Å². The van der Waals surface area contributed by atoms with E-state index >= 15 is 0 Å². The van der Waals surface area contributed by atoms with Gasteiger partial charge in [0.15, 0.2) is 11.5 Å². The van der Waals surface area contributed by atoms with Crippen molar-refractivity contribution in [1.82, 2.24) is 19.7 Å². The molecule has 8 heteroatoms. The molecule has 2 N–H and O–H groups in total. The maximum absolute atomic E-state index is 13.3. The SMILES string of the molecule is CCc1nn(C)c2nc(-c3ccc(Br)c(C(O)CC)c3)nc(NCc3ccc(F)cc3)c12. The first kappa shape index (κ1) is 22.4. The number of aryl methyl sites for hydroxylation is 2. The number of aromatic nitrogens is 4. The lowest BCUT2D eigenvalue weighted by atomic mass is 10.0. The minimum absolute atomic E-state index is 0.263. The minimum Gasteiger partial charge on any atom is -0.388 e. The highest BCUT2D eigenvalue weighted by molar-refractivity contribution is 9.10. The van der Waals surface area contributed by atoms with Gasteiger partial charge in [-0.3, -0.25) is 0 Å². The number of hydrogen-bond donors (Lipinski definition) is 2. The second kappa shape index (κ2) is 9.34. The third kappa shape index (κ3) is 4.38. The molecule has 0 aliphatic heterocycles. The molecule has 4 aromatic rings. The van der Waals surface area contributed by atoms with Gasteiger partial charge in [-0.1, -0.05) is 48.0 Å². The smallest absolute Gasteiger partial charge is 0.164 e. The molecule has 4 rings (SSSR count). The first-order chi connectivity index (χ1) is 15.4. The Hall–Kier alpha value is -2.84. The van der Waals surface area contributed by atoms with Crippen LogP contribution in [0.2, 0.25) is 0 Å². The highest BCUT2D eigenvalue weighted by Gasteiger charge is 2.19. The van der Waals surface area contributed by atoms with E-state index in [9.17, 15) is 9.50 Å². The molecule has 166 valence electrons. The number of nitrogens with one attached hydrogen (secondary N) is 1. The van der Waals surface area contributed by atoms with Crippen molar-refractivity contribution in [1.29, 1.82) is 0 Å². The summed E-state index contributed by atoms with van der Waals surface area (Å²) < 4.78 is 15.9. The Kier molecular flexibility index (Phi) is 6.53. The highest BCUT2D eigenvalue weighted by atomic mass is 79.9. The predicted molar refractivity (Wildman–Crippen MR) is 128 cm³/mol. The average Bonchev–Trinajstić information content (AvgIpc) is 3.14. The number of nitrogens with zero attached hydrogens (tertiary/aromatic N) is 4. The molecular weight excluding hydrogens is 473 g/mol. The standard InChI is InChI=1S/C24H25BrFN5O/c1-4-19-21-23(27-13-14-6-9-16(26)10-7-14)28-22(29-24(21)31(3)30-19)15-8-11-18(25)17(12-15)20(32)5-2/h6-12,20,32H,4-5,13H2,1-3H3,(H,27,28,29). The van der Waals surface area contributed by atoms with Crippen LogP contribution in [0.4, 0.5) is 10.2 Å². The lowest BCUT2D eigenvalue weighted by molar-refractivity contribution is 0.173. The average molecular weight is 498 g/mol. The summed E-state index contributed by atoms with van der Waals surface area (Å²) in [6.45, 7) is 4.47. The molecule has 0 saturated heterocycles. The number of fused-ring (bicyclic) bond motifs is 1. The van der Waals surface area contributed by atoms with Gasteiger partial charge in [-0.25, -0.2) is 19.0 Å². The van der Waals surface area contributed by atoms with Gasteiger partial charge in [0.05, 0.1) is 17.2 Å². The van der Waals surface area contributed by atoms with Crippen molar-refractivity contribution in [3.63, 3.8) is 0 Å². The fraction of sp³-hybridized carbons (Fsp3) is 0.292. The molecule has 6 nitrogen and oxygen atoms in total. The van der Waals surface area contributed by atoms with Gasteiger partial charge < -0.3 is 10.4 Å². The van der Waals surface area contributed by atoms with Gasteiger partial charge >= 0.3 is 0 Å². The van der Waals surface area contributed by atoms with Crippen molar-refractivity contribution in [3.8, 4) is 11.4 Å². The van der Waals surface area contributed by atoms with Crippen LogP contribution in [0.1, 0.15) is 43.2 Å². The van der Waals surface area contributed by atoms with E-state index in [0.717, 1.165) is 44.3 Å². The Bertz CT molecular complexity index is 1260. The van der Waals surface area contributed by atoms with E-state index in [1.807, 2.05) is 39.1 Å². The minimum atomic E-state index is -0.576. The number of benzene rings is 2. The van der Waals surface area contributed by atoms with E-state index in [4.69, 9.17) is 9.97 Å². The third-order valence-electron chi connectivity index (χ3n) is 5.46. The van der Waals surface area contributed by atoms with Crippen LogP contribution < -0.4 is 5.32 Å². The summed E-state index contributed by atoms with van der Waals surface area (Å²) in [6, 6.07) is 12.1. The highest BCUT2D eigenvalue weighted by Crippen LogP contribution is 2.32. The summed E-state index contributed by atoms with van der Waals surface area (Å²) in [5.41, 5.74) is 4.19. The zero-order chi connectivity index (χ0) is 22.8. The first-order valence-corrected chi connectivity index (χ1v) is 11.4. The zero-order valence-electron chi connectivity index (χ0n) is 18.2. The summed E-state index contributed by atoms with van der Waals surface area (Å²) >= 11 is 3.52.